The molecule has 3 nitrogen and oxygen atoms in total. The minimum atomic E-state index is 0.100. The number of carbonyl (C=O) groups is 1. The fourth-order valence-electron chi connectivity index (χ4n) is 1.46. The zero-order chi connectivity index (χ0) is 11.8. The monoisotopic (exact) mass is 220 g/mol. The summed E-state index contributed by atoms with van der Waals surface area (Å²) >= 11 is 0. The van der Waals surface area contributed by atoms with Gasteiger partial charge in [0.1, 0.15) is 0 Å². The van der Waals surface area contributed by atoms with Crippen LogP contribution in [0.15, 0.2) is 24.3 Å². The van der Waals surface area contributed by atoms with Crippen molar-refractivity contribution in [1.29, 1.82) is 0 Å². The van der Waals surface area contributed by atoms with Crippen LogP contribution in [0.25, 0.3) is 0 Å². The highest BCUT2D eigenvalue weighted by molar-refractivity contribution is 5.75. The number of aryl methyl sites for hydroxylation is 1. The van der Waals surface area contributed by atoms with Crippen molar-refractivity contribution in [1.82, 2.24) is 5.32 Å². The molecule has 0 unspecified atom stereocenters. The van der Waals surface area contributed by atoms with E-state index in [-0.39, 0.29) is 5.91 Å². The van der Waals surface area contributed by atoms with Crippen LogP contribution in [0.3, 0.4) is 0 Å². The summed E-state index contributed by atoms with van der Waals surface area (Å²) in [7, 11) is 1.67. The van der Waals surface area contributed by atoms with Crippen molar-refractivity contribution in [2.75, 3.05) is 18.9 Å². The summed E-state index contributed by atoms with van der Waals surface area (Å²) in [6.07, 6.45) is 2.50. The van der Waals surface area contributed by atoms with Crippen LogP contribution in [0.5, 0.6) is 0 Å². The first-order chi connectivity index (χ1) is 7.76. The molecule has 0 aliphatic heterocycles. The molecule has 0 fully saturated rings. The van der Waals surface area contributed by atoms with E-state index in [9.17, 15) is 4.79 Å². The molecule has 2 N–H and O–H groups in total. The molecule has 0 saturated carbocycles. The van der Waals surface area contributed by atoms with Crippen molar-refractivity contribution in [3.63, 3.8) is 0 Å². The van der Waals surface area contributed by atoms with Crippen LogP contribution in [0.1, 0.15) is 25.3 Å². The number of carbonyl (C=O) groups excluding carboxylic acids is 1. The number of rotatable bonds is 6. The quantitative estimate of drug-likeness (QED) is 0.721. The van der Waals surface area contributed by atoms with Crippen LogP contribution < -0.4 is 10.6 Å². The summed E-state index contributed by atoms with van der Waals surface area (Å²) in [5.74, 6) is 0.100. The Kier molecular flexibility index (Phi) is 5.40. The van der Waals surface area contributed by atoms with Crippen molar-refractivity contribution in [2.45, 2.75) is 26.2 Å². The molecule has 0 aliphatic rings. The second-order valence-corrected chi connectivity index (χ2v) is 3.75. The Labute approximate surface area is 97.2 Å². The Morgan fingerprint density at radius 1 is 1.25 bits per heavy atom. The zero-order valence-electron chi connectivity index (χ0n) is 10.0. The van der Waals surface area contributed by atoms with Crippen LogP contribution >= 0.6 is 0 Å². The van der Waals surface area contributed by atoms with Crippen LogP contribution in [0, 0.1) is 0 Å². The first-order valence-electron chi connectivity index (χ1n) is 5.79. The van der Waals surface area contributed by atoms with Gasteiger partial charge < -0.3 is 10.6 Å². The Morgan fingerprint density at radius 3 is 2.50 bits per heavy atom. The lowest BCUT2D eigenvalue weighted by Crippen LogP contribution is -2.18. The Balaban J connectivity index is 2.24. The first-order valence-corrected chi connectivity index (χ1v) is 5.79. The normalized spacial score (nSPS) is 9.88. The van der Waals surface area contributed by atoms with Gasteiger partial charge in [0.15, 0.2) is 0 Å². The Bertz CT molecular complexity index is 319. The molecule has 0 radical (unpaired) electrons. The number of benzene rings is 1. The van der Waals surface area contributed by atoms with E-state index >= 15 is 0 Å². The van der Waals surface area contributed by atoms with Crippen LogP contribution in [-0.4, -0.2) is 19.5 Å². The largest absolute Gasteiger partial charge is 0.385 e. The van der Waals surface area contributed by atoms with E-state index in [1.807, 2.05) is 0 Å². The highest BCUT2D eigenvalue weighted by Gasteiger charge is 1.97. The lowest BCUT2D eigenvalue weighted by Gasteiger charge is -2.06. The molecule has 0 spiro atoms. The summed E-state index contributed by atoms with van der Waals surface area (Å²) in [4.78, 5) is 11.0. The second kappa shape index (κ2) is 6.88. The molecule has 1 rings (SSSR count). The van der Waals surface area contributed by atoms with E-state index in [2.05, 4.69) is 41.8 Å². The molecule has 3 heteroatoms. The van der Waals surface area contributed by atoms with E-state index in [0.717, 1.165) is 25.1 Å². The van der Waals surface area contributed by atoms with Gasteiger partial charge in [-0.05, 0) is 30.5 Å². The summed E-state index contributed by atoms with van der Waals surface area (Å²) in [6.45, 7) is 2.98. The highest BCUT2D eigenvalue weighted by atomic mass is 16.1. The third-order valence-corrected chi connectivity index (χ3v) is 2.55. The number of amides is 1. The molecule has 1 aromatic rings. The summed E-state index contributed by atoms with van der Waals surface area (Å²) in [6, 6.07) is 8.42. The lowest BCUT2D eigenvalue weighted by molar-refractivity contribution is -0.120. The fourth-order valence-corrected chi connectivity index (χ4v) is 1.46. The SMILES string of the molecule is CCc1ccc(NCCCC(=O)NC)cc1. The maximum absolute atomic E-state index is 11.0. The molecule has 1 aromatic carbocycles. The standard InChI is InChI=1S/C13H20N2O/c1-3-11-6-8-12(9-7-11)15-10-4-5-13(16)14-2/h6-9,15H,3-5,10H2,1-2H3,(H,14,16). The van der Waals surface area contributed by atoms with Gasteiger partial charge in [0.25, 0.3) is 0 Å². The van der Waals surface area contributed by atoms with Gasteiger partial charge in [-0.3, -0.25) is 4.79 Å². The number of hydrogen-bond acceptors (Lipinski definition) is 2. The maximum Gasteiger partial charge on any atom is 0.219 e. The van der Waals surface area contributed by atoms with Gasteiger partial charge in [0.05, 0.1) is 0 Å². The van der Waals surface area contributed by atoms with Crippen LogP contribution in [-0.2, 0) is 11.2 Å². The van der Waals surface area contributed by atoms with Crippen molar-refractivity contribution in [3.05, 3.63) is 29.8 Å². The van der Waals surface area contributed by atoms with E-state index < -0.39 is 0 Å². The first kappa shape index (κ1) is 12.6. The summed E-state index contributed by atoms with van der Waals surface area (Å²) < 4.78 is 0. The molecular weight excluding hydrogens is 200 g/mol. The molecular formula is C13H20N2O. The van der Waals surface area contributed by atoms with Crippen LogP contribution in [0.2, 0.25) is 0 Å². The minimum Gasteiger partial charge on any atom is -0.385 e. The number of anilines is 1. The molecule has 0 saturated heterocycles. The van der Waals surface area contributed by atoms with E-state index in [1.54, 1.807) is 7.05 Å². The highest BCUT2D eigenvalue weighted by Crippen LogP contribution is 2.09. The zero-order valence-corrected chi connectivity index (χ0v) is 10.0. The molecule has 0 atom stereocenters. The van der Waals surface area contributed by atoms with E-state index in [0.29, 0.717) is 6.42 Å². The van der Waals surface area contributed by atoms with Gasteiger partial charge in [0, 0.05) is 25.7 Å². The Morgan fingerprint density at radius 2 is 1.94 bits per heavy atom. The van der Waals surface area contributed by atoms with E-state index in [1.165, 1.54) is 5.56 Å². The summed E-state index contributed by atoms with van der Waals surface area (Å²) in [5, 5.41) is 5.91. The van der Waals surface area contributed by atoms with Crippen molar-refractivity contribution in [2.24, 2.45) is 0 Å². The molecule has 1 amide bonds. The fraction of sp³-hybridized carbons (Fsp3) is 0.462. The van der Waals surface area contributed by atoms with Gasteiger partial charge in [-0.25, -0.2) is 0 Å². The molecule has 0 heterocycles. The molecule has 0 bridgehead atoms. The topological polar surface area (TPSA) is 41.1 Å². The van der Waals surface area contributed by atoms with Gasteiger partial charge in [-0.2, -0.15) is 0 Å². The smallest absolute Gasteiger partial charge is 0.219 e. The molecule has 16 heavy (non-hydrogen) atoms. The third-order valence-electron chi connectivity index (χ3n) is 2.55. The molecule has 0 aromatic heterocycles. The van der Waals surface area contributed by atoms with Crippen molar-refractivity contribution in [3.8, 4) is 0 Å². The second-order valence-electron chi connectivity index (χ2n) is 3.75. The van der Waals surface area contributed by atoms with Crippen molar-refractivity contribution >= 4 is 11.6 Å². The molecule has 88 valence electrons. The summed E-state index contributed by atoms with van der Waals surface area (Å²) in [5.41, 5.74) is 2.46. The average Bonchev–Trinajstić information content (AvgIpc) is 2.35. The van der Waals surface area contributed by atoms with Crippen LogP contribution in [0.4, 0.5) is 5.69 Å². The third kappa shape index (κ3) is 4.34. The van der Waals surface area contributed by atoms with Gasteiger partial charge in [0.2, 0.25) is 5.91 Å². The number of nitrogens with one attached hydrogen (secondary N) is 2. The van der Waals surface area contributed by atoms with E-state index in [4.69, 9.17) is 0 Å². The van der Waals surface area contributed by atoms with Gasteiger partial charge in [-0.1, -0.05) is 19.1 Å². The van der Waals surface area contributed by atoms with Crippen molar-refractivity contribution < 1.29 is 4.79 Å². The Hall–Kier alpha value is -1.51. The lowest BCUT2D eigenvalue weighted by atomic mass is 10.1. The predicted molar refractivity (Wildman–Crippen MR) is 67.6 cm³/mol. The predicted octanol–water partition coefficient (Wildman–Crippen LogP) is 2.19. The van der Waals surface area contributed by atoms with Gasteiger partial charge in [-0.15, -0.1) is 0 Å². The number of hydrogen-bond donors (Lipinski definition) is 2. The van der Waals surface area contributed by atoms with Gasteiger partial charge >= 0.3 is 0 Å². The maximum atomic E-state index is 11.0. The average molecular weight is 220 g/mol. The minimum absolute atomic E-state index is 0.100. The molecule has 0 aliphatic carbocycles.